The summed E-state index contributed by atoms with van der Waals surface area (Å²) in [6.45, 7) is 0. The molecular formula is C14H11BrClIO. The Kier molecular flexibility index (Phi) is 5.06. The maximum absolute atomic E-state index is 10.2. The van der Waals surface area contributed by atoms with E-state index < -0.39 is 6.10 Å². The summed E-state index contributed by atoms with van der Waals surface area (Å²) in [6, 6.07) is 13.6. The minimum atomic E-state index is -0.543. The summed E-state index contributed by atoms with van der Waals surface area (Å²) >= 11 is 11.7. The van der Waals surface area contributed by atoms with Gasteiger partial charge in [-0.2, -0.15) is 0 Å². The van der Waals surface area contributed by atoms with Gasteiger partial charge in [0.15, 0.2) is 0 Å². The van der Waals surface area contributed by atoms with Gasteiger partial charge in [-0.05, 0) is 51.9 Å². The molecule has 1 nitrogen and oxygen atoms in total. The first kappa shape index (κ1) is 14.3. The lowest BCUT2D eigenvalue weighted by Crippen LogP contribution is -2.02. The molecule has 0 saturated carbocycles. The number of benzene rings is 2. The second-order valence-electron chi connectivity index (χ2n) is 3.98. The van der Waals surface area contributed by atoms with E-state index in [0.29, 0.717) is 11.4 Å². The normalized spacial score (nSPS) is 12.4. The molecule has 0 aliphatic carbocycles. The van der Waals surface area contributed by atoms with Crippen LogP contribution in [0, 0.1) is 3.57 Å². The summed E-state index contributed by atoms with van der Waals surface area (Å²) < 4.78 is 2.01. The molecule has 1 N–H and O–H groups in total. The smallest absolute Gasteiger partial charge is 0.0831 e. The van der Waals surface area contributed by atoms with Crippen molar-refractivity contribution in [3.63, 3.8) is 0 Å². The van der Waals surface area contributed by atoms with Crippen LogP contribution in [0.1, 0.15) is 17.2 Å². The van der Waals surface area contributed by atoms with E-state index in [-0.39, 0.29) is 0 Å². The highest BCUT2D eigenvalue weighted by atomic mass is 127. The molecule has 0 aliphatic heterocycles. The van der Waals surface area contributed by atoms with Crippen LogP contribution in [0.15, 0.2) is 46.9 Å². The zero-order chi connectivity index (χ0) is 13.1. The molecule has 0 heterocycles. The van der Waals surface area contributed by atoms with Gasteiger partial charge in [-0.1, -0.05) is 51.8 Å². The Bertz CT molecular complexity index is 559. The van der Waals surface area contributed by atoms with Crippen molar-refractivity contribution in [2.75, 3.05) is 0 Å². The average molecular weight is 438 g/mol. The molecule has 4 heteroatoms. The zero-order valence-electron chi connectivity index (χ0n) is 9.41. The van der Waals surface area contributed by atoms with E-state index >= 15 is 0 Å². The number of hydrogen-bond acceptors (Lipinski definition) is 1. The lowest BCUT2D eigenvalue weighted by molar-refractivity contribution is 0.178. The van der Waals surface area contributed by atoms with Gasteiger partial charge in [0.2, 0.25) is 0 Å². The summed E-state index contributed by atoms with van der Waals surface area (Å²) in [5, 5.41) is 10.9. The van der Waals surface area contributed by atoms with Crippen molar-refractivity contribution in [3.8, 4) is 0 Å². The summed E-state index contributed by atoms with van der Waals surface area (Å²) in [6.07, 6.45) is 0.0245. The first-order valence-electron chi connectivity index (χ1n) is 5.44. The van der Waals surface area contributed by atoms with Gasteiger partial charge in [0.25, 0.3) is 0 Å². The van der Waals surface area contributed by atoms with Crippen molar-refractivity contribution >= 4 is 50.1 Å². The van der Waals surface area contributed by atoms with Gasteiger partial charge in [0.1, 0.15) is 0 Å². The fraction of sp³-hybridized carbons (Fsp3) is 0.143. The van der Waals surface area contributed by atoms with Crippen LogP contribution < -0.4 is 0 Å². The van der Waals surface area contributed by atoms with E-state index in [1.807, 2.05) is 42.5 Å². The molecule has 0 radical (unpaired) electrons. The van der Waals surface area contributed by atoms with E-state index in [1.54, 1.807) is 0 Å². The second kappa shape index (κ2) is 6.37. The molecule has 2 aromatic carbocycles. The topological polar surface area (TPSA) is 20.2 Å². The van der Waals surface area contributed by atoms with Crippen molar-refractivity contribution < 1.29 is 5.11 Å². The Morgan fingerprint density at radius 3 is 2.61 bits per heavy atom. The van der Waals surface area contributed by atoms with Crippen LogP contribution in [-0.2, 0) is 6.42 Å². The minimum absolute atomic E-state index is 0.543. The predicted octanol–water partition coefficient (Wildman–Crippen LogP) is 4.98. The third-order valence-electron chi connectivity index (χ3n) is 2.70. The number of rotatable bonds is 3. The number of hydrogen-bond donors (Lipinski definition) is 1. The highest BCUT2D eigenvalue weighted by Gasteiger charge is 2.11. The fourth-order valence-electron chi connectivity index (χ4n) is 1.71. The highest BCUT2D eigenvalue weighted by molar-refractivity contribution is 14.1. The molecule has 2 aromatic rings. The van der Waals surface area contributed by atoms with Gasteiger partial charge >= 0.3 is 0 Å². The molecule has 0 aromatic heterocycles. The van der Waals surface area contributed by atoms with E-state index in [4.69, 9.17) is 11.6 Å². The van der Waals surface area contributed by atoms with Crippen LogP contribution >= 0.6 is 50.1 Å². The third-order valence-corrected chi connectivity index (χ3v) is 5.05. The van der Waals surface area contributed by atoms with Gasteiger partial charge in [0, 0.05) is 14.5 Å². The average Bonchev–Trinajstić information content (AvgIpc) is 2.35. The quantitative estimate of drug-likeness (QED) is 0.672. The first-order chi connectivity index (χ1) is 8.58. The van der Waals surface area contributed by atoms with Crippen LogP contribution in [0.4, 0.5) is 0 Å². The Labute approximate surface area is 133 Å². The van der Waals surface area contributed by atoms with E-state index in [1.165, 1.54) is 0 Å². The first-order valence-corrected chi connectivity index (χ1v) is 7.69. The predicted molar refractivity (Wildman–Crippen MR) is 87.0 cm³/mol. The maximum Gasteiger partial charge on any atom is 0.0831 e. The Hall–Kier alpha value is -0.100. The zero-order valence-corrected chi connectivity index (χ0v) is 13.9. The lowest BCUT2D eigenvalue weighted by Gasteiger charge is -2.13. The fourth-order valence-corrected chi connectivity index (χ4v) is 2.68. The standard InChI is InChI=1S/C14H11BrClIO/c15-11-4-2-1-3-9(11)8-14(18)10-5-6-13(17)12(16)7-10/h1-7,14,18H,8H2. The molecule has 0 spiro atoms. The molecule has 0 amide bonds. The molecule has 0 saturated heterocycles. The van der Waals surface area contributed by atoms with Crippen molar-refractivity contribution in [2.45, 2.75) is 12.5 Å². The summed E-state index contributed by atoms with van der Waals surface area (Å²) in [4.78, 5) is 0. The molecule has 0 fully saturated rings. The minimum Gasteiger partial charge on any atom is -0.388 e. The molecule has 18 heavy (non-hydrogen) atoms. The van der Waals surface area contributed by atoms with Gasteiger partial charge in [0.05, 0.1) is 11.1 Å². The number of halogens is 3. The summed E-state index contributed by atoms with van der Waals surface area (Å²) in [7, 11) is 0. The van der Waals surface area contributed by atoms with Crippen LogP contribution in [0.3, 0.4) is 0 Å². The summed E-state index contributed by atoms with van der Waals surface area (Å²) in [5.41, 5.74) is 1.93. The van der Waals surface area contributed by atoms with Gasteiger partial charge in [-0.15, -0.1) is 0 Å². The molecule has 94 valence electrons. The second-order valence-corrected chi connectivity index (χ2v) is 6.41. The van der Waals surface area contributed by atoms with Crippen molar-refractivity contribution in [1.29, 1.82) is 0 Å². The Morgan fingerprint density at radius 1 is 1.22 bits per heavy atom. The number of aliphatic hydroxyl groups is 1. The molecule has 2 rings (SSSR count). The lowest BCUT2D eigenvalue weighted by atomic mass is 10.0. The monoisotopic (exact) mass is 436 g/mol. The molecular weight excluding hydrogens is 426 g/mol. The Morgan fingerprint density at radius 2 is 1.94 bits per heavy atom. The van der Waals surface area contributed by atoms with E-state index in [2.05, 4.69) is 38.5 Å². The van der Waals surface area contributed by atoms with Crippen LogP contribution in [0.5, 0.6) is 0 Å². The highest BCUT2D eigenvalue weighted by Crippen LogP contribution is 2.27. The van der Waals surface area contributed by atoms with Crippen LogP contribution in [-0.4, -0.2) is 5.11 Å². The van der Waals surface area contributed by atoms with Crippen molar-refractivity contribution in [3.05, 3.63) is 66.7 Å². The number of aliphatic hydroxyl groups excluding tert-OH is 1. The van der Waals surface area contributed by atoms with Crippen LogP contribution in [0.25, 0.3) is 0 Å². The van der Waals surface area contributed by atoms with E-state index in [0.717, 1.165) is 19.2 Å². The molecule has 0 bridgehead atoms. The molecule has 1 unspecified atom stereocenters. The van der Waals surface area contributed by atoms with Gasteiger partial charge in [-0.25, -0.2) is 0 Å². The molecule has 0 aliphatic rings. The maximum atomic E-state index is 10.2. The SMILES string of the molecule is OC(Cc1ccccc1Br)c1ccc(I)c(Cl)c1. The third kappa shape index (κ3) is 3.47. The van der Waals surface area contributed by atoms with Gasteiger partial charge in [-0.3, -0.25) is 0 Å². The van der Waals surface area contributed by atoms with E-state index in [9.17, 15) is 5.11 Å². The Balaban J connectivity index is 2.19. The largest absolute Gasteiger partial charge is 0.388 e. The van der Waals surface area contributed by atoms with Gasteiger partial charge < -0.3 is 5.11 Å². The van der Waals surface area contributed by atoms with Crippen molar-refractivity contribution in [2.24, 2.45) is 0 Å². The molecule has 1 atom stereocenters. The van der Waals surface area contributed by atoms with Crippen molar-refractivity contribution in [1.82, 2.24) is 0 Å². The van der Waals surface area contributed by atoms with Crippen LogP contribution in [0.2, 0.25) is 5.02 Å². The summed E-state index contributed by atoms with van der Waals surface area (Å²) in [5.74, 6) is 0.